The highest BCUT2D eigenvalue weighted by atomic mass is 16.3. The van der Waals surface area contributed by atoms with Crippen molar-refractivity contribution in [1.29, 1.82) is 0 Å². The zero-order valence-electron chi connectivity index (χ0n) is 7.72. The van der Waals surface area contributed by atoms with E-state index in [9.17, 15) is 0 Å². The third kappa shape index (κ3) is 2.17. The molecule has 66 valence electrons. The highest BCUT2D eigenvalue weighted by molar-refractivity contribution is 4.90. The maximum atomic E-state index is 8.89. The molecule has 1 fully saturated rings. The number of nitrogens with one attached hydrogen (secondary N) is 1. The van der Waals surface area contributed by atoms with Gasteiger partial charge in [-0.25, -0.2) is 0 Å². The van der Waals surface area contributed by atoms with E-state index in [1.165, 1.54) is 6.42 Å². The van der Waals surface area contributed by atoms with Crippen LogP contribution in [0, 0.1) is 5.41 Å². The van der Waals surface area contributed by atoms with Crippen LogP contribution in [0.2, 0.25) is 0 Å². The van der Waals surface area contributed by atoms with E-state index in [1.54, 1.807) is 0 Å². The minimum Gasteiger partial charge on any atom is -0.395 e. The predicted molar refractivity (Wildman–Crippen MR) is 46.5 cm³/mol. The minimum atomic E-state index is 0.284. The van der Waals surface area contributed by atoms with Gasteiger partial charge in [0.05, 0.1) is 6.61 Å². The Balaban J connectivity index is 2.42. The van der Waals surface area contributed by atoms with Crippen molar-refractivity contribution >= 4 is 0 Å². The second kappa shape index (κ2) is 3.11. The summed E-state index contributed by atoms with van der Waals surface area (Å²) in [5.41, 5.74) is 0.337. The summed E-state index contributed by atoms with van der Waals surface area (Å²) in [6, 6.07) is 0.930. The molecule has 2 atom stereocenters. The molecule has 2 unspecified atom stereocenters. The van der Waals surface area contributed by atoms with E-state index in [2.05, 4.69) is 26.1 Å². The lowest BCUT2D eigenvalue weighted by atomic mass is 9.86. The van der Waals surface area contributed by atoms with Crippen LogP contribution in [-0.4, -0.2) is 23.8 Å². The van der Waals surface area contributed by atoms with Crippen LogP contribution in [0.25, 0.3) is 0 Å². The Morgan fingerprint density at radius 2 is 2.00 bits per heavy atom. The molecule has 0 aliphatic carbocycles. The SMILES string of the molecule is CC(C)(C)C1CCC(CO)N1. The van der Waals surface area contributed by atoms with E-state index in [0.717, 1.165) is 6.42 Å². The molecule has 0 bridgehead atoms. The molecule has 11 heavy (non-hydrogen) atoms. The fourth-order valence-corrected chi connectivity index (χ4v) is 1.65. The first-order valence-electron chi connectivity index (χ1n) is 4.41. The first kappa shape index (κ1) is 9.01. The van der Waals surface area contributed by atoms with Crippen molar-refractivity contribution < 1.29 is 5.11 Å². The van der Waals surface area contributed by atoms with Gasteiger partial charge in [-0.3, -0.25) is 0 Å². The topological polar surface area (TPSA) is 32.3 Å². The Kier molecular flexibility index (Phi) is 2.55. The summed E-state index contributed by atoms with van der Waals surface area (Å²) in [6.45, 7) is 7.01. The van der Waals surface area contributed by atoms with Crippen LogP contribution >= 0.6 is 0 Å². The van der Waals surface area contributed by atoms with Gasteiger partial charge in [0.15, 0.2) is 0 Å². The summed E-state index contributed by atoms with van der Waals surface area (Å²) in [5.74, 6) is 0. The molecule has 2 N–H and O–H groups in total. The highest BCUT2D eigenvalue weighted by Gasteiger charge is 2.31. The molecule has 2 nitrogen and oxygen atoms in total. The maximum Gasteiger partial charge on any atom is 0.0584 e. The second-order valence-corrected chi connectivity index (χ2v) is 4.54. The first-order chi connectivity index (χ1) is 5.04. The summed E-state index contributed by atoms with van der Waals surface area (Å²) in [5, 5.41) is 12.3. The van der Waals surface area contributed by atoms with E-state index < -0.39 is 0 Å². The normalized spacial score (nSPS) is 32.7. The molecule has 0 aromatic carbocycles. The molecule has 0 aromatic rings. The Hall–Kier alpha value is -0.0800. The standard InChI is InChI=1S/C9H19NO/c1-9(2,3)8-5-4-7(6-11)10-8/h7-8,10-11H,4-6H2,1-3H3. The van der Waals surface area contributed by atoms with Crippen LogP contribution in [0.3, 0.4) is 0 Å². The Bertz CT molecular complexity index is 128. The zero-order valence-corrected chi connectivity index (χ0v) is 7.72. The van der Waals surface area contributed by atoms with Crippen molar-refractivity contribution in [2.24, 2.45) is 5.41 Å². The molecule has 1 aliphatic rings. The van der Waals surface area contributed by atoms with Crippen molar-refractivity contribution in [3.63, 3.8) is 0 Å². The zero-order chi connectivity index (χ0) is 8.48. The van der Waals surface area contributed by atoms with Gasteiger partial charge < -0.3 is 10.4 Å². The van der Waals surface area contributed by atoms with Gasteiger partial charge in [0.25, 0.3) is 0 Å². The highest BCUT2D eigenvalue weighted by Crippen LogP contribution is 2.27. The molecule has 1 saturated heterocycles. The Labute approximate surface area is 69.0 Å². The lowest BCUT2D eigenvalue weighted by Crippen LogP contribution is -2.39. The first-order valence-corrected chi connectivity index (χ1v) is 4.41. The van der Waals surface area contributed by atoms with Crippen molar-refractivity contribution in [3.8, 4) is 0 Å². The van der Waals surface area contributed by atoms with Gasteiger partial charge in [0.2, 0.25) is 0 Å². The molecule has 1 heterocycles. The quantitative estimate of drug-likeness (QED) is 0.598. The van der Waals surface area contributed by atoms with Gasteiger partial charge in [-0.2, -0.15) is 0 Å². The van der Waals surface area contributed by atoms with Crippen molar-refractivity contribution in [2.45, 2.75) is 45.7 Å². The van der Waals surface area contributed by atoms with E-state index in [4.69, 9.17) is 5.11 Å². The smallest absolute Gasteiger partial charge is 0.0584 e. The van der Waals surface area contributed by atoms with E-state index >= 15 is 0 Å². The van der Waals surface area contributed by atoms with Crippen LogP contribution in [0.1, 0.15) is 33.6 Å². The predicted octanol–water partition coefficient (Wildman–Crippen LogP) is 1.15. The fourth-order valence-electron chi connectivity index (χ4n) is 1.65. The number of hydrogen-bond acceptors (Lipinski definition) is 2. The molecule has 1 rings (SSSR count). The van der Waals surface area contributed by atoms with Crippen LogP contribution < -0.4 is 5.32 Å². The van der Waals surface area contributed by atoms with Crippen molar-refractivity contribution in [1.82, 2.24) is 5.32 Å². The summed E-state index contributed by atoms with van der Waals surface area (Å²) < 4.78 is 0. The molecule has 0 radical (unpaired) electrons. The third-order valence-corrected chi connectivity index (χ3v) is 2.51. The van der Waals surface area contributed by atoms with Gasteiger partial charge in [0.1, 0.15) is 0 Å². The minimum absolute atomic E-state index is 0.284. The Morgan fingerprint density at radius 1 is 1.36 bits per heavy atom. The lowest BCUT2D eigenvalue weighted by Gasteiger charge is -2.27. The molecule has 1 aliphatic heterocycles. The molecular formula is C9H19NO. The lowest BCUT2D eigenvalue weighted by molar-refractivity contribution is 0.231. The monoisotopic (exact) mass is 157 g/mol. The number of rotatable bonds is 1. The van der Waals surface area contributed by atoms with Gasteiger partial charge in [-0.15, -0.1) is 0 Å². The summed E-state index contributed by atoms with van der Waals surface area (Å²) >= 11 is 0. The molecule has 2 heteroatoms. The third-order valence-electron chi connectivity index (χ3n) is 2.51. The van der Waals surface area contributed by atoms with E-state index in [1.807, 2.05) is 0 Å². The van der Waals surface area contributed by atoms with E-state index in [-0.39, 0.29) is 6.61 Å². The largest absolute Gasteiger partial charge is 0.395 e. The van der Waals surface area contributed by atoms with Crippen LogP contribution in [0.5, 0.6) is 0 Å². The molecule has 0 amide bonds. The van der Waals surface area contributed by atoms with Crippen LogP contribution in [0.4, 0.5) is 0 Å². The summed E-state index contributed by atoms with van der Waals surface area (Å²) in [6.07, 6.45) is 2.33. The maximum absolute atomic E-state index is 8.89. The van der Waals surface area contributed by atoms with Gasteiger partial charge in [-0.05, 0) is 18.3 Å². The fraction of sp³-hybridized carbons (Fsp3) is 1.00. The van der Waals surface area contributed by atoms with Crippen LogP contribution in [0.15, 0.2) is 0 Å². The van der Waals surface area contributed by atoms with Crippen molar-refractivity contribution in [3.05, 3.63) is 0 Å². The van der Waals surface area contributed by atoms with Gasteiger partial charge >= 0.3 is 0 Å². The number of aliphatic hydroxyl groups excluding tert-OH is 1. The molecule has 0 aromatic heterocycles. The average molecular weight is 157 g/mol. The van der Waals surface area contributed by atoms with Gasteiger partial charge in [0, 0.05) is 12.1 Å². The summed E-state index contributed by atoms with van der Waals surface area (Å²) in [7, 11) is 0. The van der Waals surface area contributed by atoms with Gasteiger partial charge in [-0.1, -0.05) is 20.8 Å². The number of hydrogen-bond donors (Lipinski definition) is 2. The average Bonchev–Trinajstić information content (AvgIpc) is 2.32. The van der Waals surface area contributed by atoms with Crippen molar-refractivity contribution in [2.75, 3.05) is 6.61 Å². The molecular weight excluding hydrogens is 138 g/mol. The molecule has 0 spiro atoms. The molecule has 0 saturated carbocycles. The summed E-state index contributed by atoms with van der Waals surface area (Å²) in [4.78, 5) is 0. The second-order valence-electron chi connectivity index (χ2n) is 4.54. The van der Waals surface area contributed by atoms with Crippen LogP contribution in [-0.2, 0) is 0 Å². The van der Waals surface area contributed by atoms with E-state index in [0.29, 0.717) is 17.5 Å². The Morgan fingerprint density at radius 3 is 2.27 bits per heavy atom. The number of aliphatic hydroxyl groups is 1.